The van der Waals surface area contributed by atoms with E-state index in [0.717, 1.165) is 6.42 Å². The summed E-state index contributed by atoms with van der Waals surface area (Å²) in [5, 5.41) is 8.76. The number of aliphatic carboxylic acids is 1. The summed E-state index contributed by atoms with van der Waals surface area (Å²) in [6.07, 6.45) is 11.7. The number of hydrogen-bond acceptors (Lipinski definition) is 4. The molecule has 1 rings (SSSR count). The van der Waals surface area contributed by atoms with Crippen LogP contribution in [-0.4, -0.2) is 29.8 Å². The SMILES string of the molecule is CCCCCCCCCCCCOc1ccc(C(=O)OC(C)C(=O)O)cc1. The minimum absolute atomic E-state index is 0.314. The van der Waals surface area contributed by atoms with E-state index in [4.69, 9.17) is 14.6 Å². The minimum atomic E-state index is -1.17. The summed E-state index contributed by atoms with van der Waals surface area (Å²) in [5.74, 6) is -1.11. The summed E-state index contributed by atoms with van der Waals surface area (Å²) in [7, 11) is 0. The zero-order valence-electron chi connectivity index (χ0n) is 16.7. The first-order valence-corrected chi connectivity index (χ1v) is 10.2. The van der Waals surface area contributed by atoms with Gasteiger partial charge in [-0.05, 0) is 37.6 Å². The average molecular weight is 379 g/mol. The van der Waals surface area contributed by atoms with Crippen LogP contribution in [0.4, 0.5) is 0 Å². The molecule has 0 aliphatic heterocycles. The fourth-order valence-corrected chi connectivity index (χ4v) is 2.75. The molecule has 0 spiro atoms. The maximum atomic E-state index is 11.8. The van der Waals surface area contributed by atoms with Crippen LogP contribution in [0.5, 0.6) is 5.75 Å². The summed E-state index contributed by atoms with van der Waals surface area (Å²) >= 11 is 0. The fraction of sp³-hybridized carbons (Fsp3) is 0.636. The molecule has 0 aromatic heterocycles. The Balaban J connectivity index is 2.11. The Bertz CT molecular complexity index is 538. The molecule has 0 radical (unpaired) electrons. The van der Waals surface area contributed by atoms with Gasteiger partial charge in [-0.3, -0.25) is 0 Å². The van der Waals surface area contributed by atoms with Gasteiger partial charge in [-0.2, -0.15) is 0 Å². The Kier molecular flexibility index (Phi) is 12.0. The van der Waals surface area contributed by atoms with E-state index in [2.05, 4.69) is 6.92 Å². The van der Waals surface area contributed by atoms with E-state index in [1.807, 2.05) is 0 Å². The van der Waals surface area contributed by atoms with E-state index in [1.165, 1.54) is 64.7 Å². The monoisotopic (exact) mass is 378 g/mol. The standard InChI is InChI=1S/C22H34O5/c1-3-4-5-6-7-8-9-10-11-12-17-26-20-15-13-19(14-16-20)22(25)27-18(2)21(23)24/h13-16,18H,3-12,17H2,1-2H3,(H,23,24). The molecule has 0 saturated carbocycles. The first-order valence-electron chi connectivity index (χ1n) is 10.2. The molecule has 152 valence electrons. The topological polar surface area (TPSA) is 72.8 Å². The van der Waals surface area contributed by atoms with E-state index in [-0.39, 0.29) is 0 Å². The van der Waals surface area contributed by atoms with Gasteiger partial charge in [0.15, 0.2) is 6.10 Å². The number of rotatable bonds is 15. The van der Waals surface area contributed by atoms with Crippen LogP contribution >= 0.6 is 0 Å². The molecule has 0 bridgehead atoms. The van der Waals surface area contributed by atoms with Crippen LogP contribution in [0.3, 0.4) is 0 Å². The van der Waals surface area contributed by atoms with Crippen LogP contribution in [-0.2, 0) is 9.53 Å². The van der Waals surface area contributed by atoms with Gasteiger partial charge in [-0.1, -0.05) is 64.7 Å². The van der Waals surface area contributed by atoms with Crippen LogP contribution in [0.25, 0.3) is 0 Å². The van der Waals surface area contributed by atoms with Crippen molar-refractivity contribution in [3.63, 3.8) is 0 Å². The number of carboxylic acids is 1. The molecule has 0 amide bonds. The Morgan fingerprint density at radius 3 is 1.93 bits per heavy atom. The molecular weight excluding hydrogens is 344 g/mol. The third kappa shape index (κ3) is 10.6. The highest BCUT2D eigenvalue weighted by atomic mass is 16.6. The predicted octanol–water partition coefficient (Wildman–Crippen LogP) is 5.62. The van der Waals surface area contributed by atoms with Crippen molar-refractivity contribution in [1.82, 2.24) is 0 Å². The van der Waals surface area contributed by atoms with Gasteiger partial charge in [0.05, 0.1) is 12.2 Å². The largest absolute Gasteiger partial charge is 0.494 e. The van der Waals surface area contributed by atoms with E-state index in [9.17, 15) is 9.59 Å². The molecule has 0 aliphatic carbocycles. The highest BCUT2D eigenvalue weighted by Gasteiger charge is 2.17. The minimum Gasteiger partial charge on any atom is -0.494 e. The van der Waals surface area contributed by atoms with Crippen molar-refractivity contribution < 1.29 is 24.2 Å². The second-order valence-electron chi connectivity index (χ2n) is 6.94. The molecule has 0 heterocycles. The van der Waals surface area contributed by atoms with Crippen molar-refractivity contribution in [3.8, 4) is 5.75 Å². The van der Waals surface area contributed by atoms with Crippen molar-refractivity contribution in [1.29, 1.82) is 0 Å². The maximum Gasteiger partial charge on any atom is 0.344 e. The molecule has 1 N–H and O–H groups in total. The van der Waals surface area contributed by atoms with Gasteiger partial charge >= 0.3 is 11.9 Å². The van der Waals surface area contributed by atoms with Crippen molar-refractivity contribution >= 4 is 11.9 Å². The summed E-state index contributed by atoms with van der Waals surface area (Å²) in [6, 6.07) is 6.59. The normalized spacial score (nSPS) is 11.8. The number of esters is 1. The molecular formula is C22H34O5. The van der Waals surface area contributed by atoms with Gasteiger partial charge in [-0.25, -0.2) is 9.59 Å². The number of hydrogen-bond donors (Lipinski definition) is 1. The molecule has 27 heavy (non-hydrogen) atoms. The van der Waals surface area contributed by atoms with E-state index < -0.39 is 18.0 Å². The number of carboxylic acid groups (broad SMARTS) is 1. The molecule has 1 aromatic rings. The first kappa shape index (κ1) is 23.0. The Labute approximate surface area is 163 Å². The number of carbonyl (C=O) groups is 2. The van der Waals surface area contributed by atoms with Crippen LogP contribution in [0.15, 0.2) is 24.3 Å². The summed E-state index contributed by atoms with van der Waals surface area (Å²) in [6.45, 7) is 4.23. The summed E-state index contributed by atoms with van der Waals surface area (Å²) < 4.78 is 10.5. The smallest absolute Gasteiger partial charge is 0.344 e. The van der Waals surface area contributed by atoms with E-state index in [0.29, 0.717) is 17.9 Å². The highest BCUT2D eigenvalue weighted by molar-refractivity contribution is 5.91. The predicted molar refractivity (Wildman–Crippen MR) is 106 cm³/mol. The number of benzene rings is 1. The van der Waals surface area contributed by atoms with Gasteiger partial charge in [0.1, 0.15) is 5.75 Å². The Hall–Kier alpha value is -2.04. The molecule has 5 heteroatoms. The van der Waals surface area contributed by atoms with Gasteiger partial charge in [0.2, 0.25) is 0 Å². The molecule has 1 atom stereocenters. The van der Waals surface area contributed by atoms with Crippen LogP contribution < -0.4 is 4.74 Å². The molecule has 0 saturated heterocycles. The van der Waals surface area contributed by atoms with Gasteiger partial charge in [-0.15, -0.1) is 0 Å². The zero-order chi connectivity index (χ0) is 19.9. The van der Waals surface area contributed by atoms with Crippen molar-refractivity contribution in [2.45, 2.75) is 84.2 Å². The molecule has 0 fully saturated rings. The quantitative estimate of drug-likeness (QED) is 0.317. The van der Waals surface area contributed by atoms with Gasteiger partial charge in [0.25, 0.3) is 0 Å². The second kappa shape index (κ2) is 14.1. The third-order valence-corrected chi connectivity index (χ3v) is 4.49. The lowest BCUT2D eigenvalue weighted by Gasteiger charge is -2.10. The summed E-state index contributed by atoms with van der Waals surface area (Å²) in [4.78, 5) is 22.5. The molecule has 1 aromatic carbocycles. The Morgan fingerprint density at radius 1 is 0.889 bits per heavy atom. The van der Waals surface area contributed by atoms with Crippen molar-refractivity contribution in [2.75, 3.05) is 6.61 Å². The molecule has 5 nitrogen and oxygen atoms in total. The average Bonchev–Trinajstić information content (AvgIpc) is 2.66. The Morgan fingerprint density at radius 2 is 1.41 bits per heavy atom. The highest BCUT2D eigenvalue weighted by Crippen LogP contribution is 2.15. The fourth-order valence-electron chi connectivity index (χ4n) is 2.75. The van der Waals surface area contributed by atoms with E-state index >= 15 is 0 Å². The lowest BCUT2D eigenvalue weighted by Crippen LogP contribution is -2.23. The number of carbonyl (C=O) groups excluding carboxylic acids is 1. The van der Waals surface area contributed by atoms with Crippen LogP contribution in [0, 0.1) is 0 Å². The van der Waals surface area contributed by atoms with Gasteiger partial charge < -0.3 is 14.6 Å². The first-order chi connectivity index (χ1) is 13.0. The van der Waals surface area contributed by atoms with E-state index in [1.54, 1.807) is 24.3 Å². The van der Waals surface area contributed by atoms with Crippen molar-refractivity contribution in [2.24, 2.45) is 0 Å². The summed E-state index contributed by atoms with van der Waals surface area (Å²) in [5.41, 5.74) is 0.314. The number of ether oxygens (including phenoxy) is 2. The van der Waals surface area contributed by atoms with Crippen LogP contribution in [0.1, 0.15) is 88.4 Å². The molecule has 0 aliphatic rings. The lowest BCUT2D eigenvalue weighted by molar-refractivity contribution is -0.146. The lowest BCUT2D eigenvalue weighted by atomic mass is 10.1. The van der Waals surface area contributed by atoms with Gasteiger partial charge in [0, 0.05) is 0 Å². The number of unbranched alkanes of at least 4 members (excludes halogenated alkanes) is 9. The maximum absolute atomic E-state index is 11.8. The second-order valence-corrected chi connectivity index (χ2v) is 6.94. The zero-order valence-corrected chi connectivity index (χ0v) is 16.7. The van der Waals surface area contributed by atoms with Crippen molar-refractivity contribution in [3.05, 3.63) is 29.8 Å². The molecule has 1 unspecified atom stereocenters. The third-order valence-electron chi connectivity index (χ3n) is 4.49. The van der Waals surface area contributed by atoms with Crippen LogP contribution in [0.2, 0.25) is 0 Å².